The number of aliphatic carboxylic acids is 1. The molecule has 0 saturated carbocycles. The second-order valence-corrected chi connectivity index (χ2v) is 5.91. The van der Waals surface area contributed by atoms with Crippen molar-refractivity contribution in [1.29, 1.82) is 0 Å². The van der Waals surface area contributed by atoms with Gasteiger partial charge in [0.15, 0.2) is 0 Å². The van der Waals surface area contributed by atoms with E-state index in [1.165, 1.54) is 0 Å². The first-order chi connectivity index (χ1) is 11.5. The molecule has 0 radical (unpaired) electrons. The van der Waals surface area contributed by atoms with Gasteiger partial charge < -0.3 is 32.9 Å². The van der Waals surface area contributed by atoms with Crippen LogP contribution in [0.25, 0.3) is 0 Å². The Kier molecular flexibility index (Phi) is 9.13. The molecule has 142 valence electrons. The predicted octanol–water partition coefficient (Wildman–Crippen LogP) is -2.84. The van der Waals surface area contributed by atoms with Crippen LogP contribution in [0.1, 0.15) is 33.1 Å². The summed E-state index contributed by atoms with van der Waals surface area (Å²) in [6, 6.07) is -3.72. The lowest BCUT2D eigenvalue weighted by Gasteiger charge is -2.23. The molecule has 0 aromatic rings. The molecule has 0 spiro atoms. The van der Waals surface area contributed by atoms with Gasteiger partial charge in [-0.2, -0.15) is 0 Å². The van der Waals surface area contributed by atoms with Crippen LogP contribution in [0.15, 0.2) is 0 Å². The van der Waals surface area contributed by atoms with Gasteiger partial charge in [0, 0.05) is 6.42 Å². The third-order valence-corrected chi connectivity index (χ3v) is 3.35. The van der Waals surface area contributed by atoms with Gasteiger partial charge in [-0.15, -0.1) is 0 Å². The van der Waals surface area contributed by atoms with Crippen molar-refractivity contribution < 1.29 is 29.1 Å². The lowest BCUT2D eigenvalue weighted by atomic mass is 10.0. The lowest BCUT2D eigenvalue weighted by molar-refractivity contribution is -0.142. The second kappa shape index (κ2) is 10.2. The van der Waals surface area contributed by atoms with Crippen LogP contribution in [0.4, 0.5) is 0 Å². The minimum absolute atomic E-state index is 0.223. The normalized spacial score (nSPS) is 14.2. The Bertz CT molecular complexity index is 536. The highest BCUT2D eigenvalue weighted by atomic mass is 16.4. The maximum atomic E-state index is 12.2. The van der Waals surface area contributed by atoms with E-state index in [-0.39, 0.29) is 18.8 Å². The SMILES string of the molecule is CC(C)[C@H](N)C(=O)N[C@@H](CC(N)=O)C(=O)N[C@@H](CCC(N)=O)C(=O)O. The van der Waals surface area contributed by atoms with Crippen LogP contribution < -0.4 is 27.8 Å². The number of carbonyl (C=O) groups is 5. The van der Waals surface area contributed by atoms with E-state index in [0.29, 0.717) is 0 Å². The zero-order valence-corrected chi connectivity index (χ0v) is 14.2. The van der Waals surface area contributed by atoms with E-state index in [1.54, 1.807) is 13.8 Å². The van der Waals surface area contributed by atoms with E-state index < -0.39 is 54.1 Å². The Hall–Kier alpha value is -2.69. The summed E-state index contributed by atoms with van der Waals surface area (Å²) in [5, 5.41) is 13.5. The molecule has 4 amide bonds. The first kappa shape index (κ1) is 22.3. The van der Waals surface area contributed by atoms with Crippen molar-refractivity contribution in [3.8, 4) is 0 Å². The third kappa shape index (κ3) is 8.65. The number of nitrogens with one attached hydrogen (secondary N) is 2. The van der Waals surface area contributed by atoms with Gasteiger partial charge in [-0.3, -0.25) is 19.2 Å². The standard InChI is InChI=1S/C14H25N5O6/c1-6(2)11(17)13(23)19-8(5-10(16)21)12(22)18-7(14(24)25)3-4-9(15)20/h6-8,11H,3-5,17H2,1-2H3,(H2,15,20)(H2,16,21)(H,18,22)(H,19,23)(H,24,25)/t7-,8-,11-/m0/s1. The number of carboxylic acids is 1. The van der Waals surface area contributed by atoms with Gasteiger partial charge in [-0.25, -0.2) is 4.79 Å². The fraction of sp³-hybridized carbons (Fsp3) is 0.643. The van der Waals surface area contributed by atoms with Crippen LogP contribution in [-0.4, -0.2) is 52.8 Å². The number of carbonyl (C=O) groups excluding carboxylic acids is 4. The van der Waals surface area contributed by atoms with E-state index in [1.807, 2.05) is 0 Å². The summed E-state index contributed by atoms with van der Waals surface area (Å²) < 4.78 is 0. The molecule has 9 N–H and O–H groups in total. The summed E-state index contributed by atoms with van der Waals surface area (Å²) in [4.78, 5) is 57.2. The Morgan fingerprint density at radius 1 is 0.920 bits per heavy atom. The minimum Gasteiger partial charge on any atom is -0.480 e. The lowest BCUT2D eigenvalue weighted by Crippen LogP contribution is -2.56. The monoisotopic (exact) mass is 359 g/mol. The number of nitrogens with two attached hydrogens (primary N) is 3. The van der Waals surface area contributed by atoms with Crippen LogP contribution in [-0.2, 0) is 24.0 Å². The molecule has 0 unspecified atom stereocenters. The van der Waals surface area contributed by atoms with Crippen molar-refractivity contribution in [2.45, 2.75) is 51.2 Å². The Labute approximate surface area is 144 Å². The van der Waals surface area contributed by atoms with E-state index in [4.69, 9.17) is 22.3 Å². The average Bonchev–Trinajstić information content (AvgIpc) is 2.48. The third-order valence-electron chi connectivity index (χ3n) is 3.35. The van der Waals surface area contributed by atoms with Crippen LogP contribution >= 0.6 is 0 Å². The molecule has 3 atom stereocenters. The maximum absolute atomic E-state index is 12.2. The van der Waals surface area contributed by atoms with Crippen molar-refractivity contribution in [3.63, 3.8) is 0 Å². The van der Waals surface area contributed by atoms with E-state index in [0.717, 1.165) is 0 Å². The Morgan fingerprint density at radius 2 is 1.44 bits per heavy atom. The largest absolute Gasteiger partial charge is 0.480 e. The van der Waals surface area contributed by atoms with E-state index >= 15 is 0 Å². The van der Waals surface area contributed by atoms with Crippen LogP contribution in [0.2, 0.25) is 0 Å². The summed E-state index contributed by atoms with van der Waals surface area (Å²) in [5.41, 5.74) is 15.7. The van der Waals surface area contributed by atoms with Crippen molar-refractivity contribution in [3.05, 3.63) is 0 Å². The molecule has 0 fully saturated rings. The molecule has 0 aliphatic heterocycles. The highest BCUT2D eigenvalue weighted by molar-refractivity contribution is 5.94. The molecule has 25 heavy (non-hydrogen) atoms. The zero-order valence-electron chi connectivity index (χ0n) is 14.2. The quantitative estimate of drug-likeness (QED) is 0.227. The van der Waals surface area contributed by atoms with Gasteiger partial charge in [-0.05, 0) is 12.3 Å². The van der Waals surface area contributed by atoms with Gasteiger partial charge in [-0.1, -0.05) is 13.8 Å². The molecular weight excluding hydrogens is 334 g/mol. The number of hydrogen-bond donors (Lipinski definition) is 6. The van der Waals surface area contributed by atoms with E-state index in [9.17, 15) is 24.0 Å². The van der Waals surface area contributed by atoms with Crippen molar-refractivity contribution in [2.24, 2.45) is 23.1 Å². The summed E-state index contributed by atoms with van der Waals surface area (Å²) in [5.74, 6) is -4.83. The topological polar surface area (TPSA) is 208 Å². The fourth-order valence-corrected chi connectivity index (χ4v) is 1.80. The van der Waals surface area contributed by atoms with Crippen molar-refractivity contribution >= 4 is 29.6 Å². The fourth-order valence-electron chi connectivity index (χ4n) is 1.80. The number of rotatable bonds is 11. The molecule has 0 aliphatic rings. The van der Waals surface area contributed by atoms with Crippen LogP contribution in [0.3, 0.4) is 0 Å². The predicted molar refractivity (Wildman–Crippen MR) is 86.6 cm³/mol. The molecule has 0 rings (SSSR count). The minimum atomic E-state index is -1.41. The Morgan fingerprint density at radius 3 is 1.84 bits per heavy atom. The van der Waals surface area contributed by atoms with Crippen molar-refractivity contribution in [2.75, 3.05) is 0 Å². The number of carboxylic acid groups (broad SMARTS) is 1. The summed E-state index contributed by atoms with van der Waals surface area (Å²) in [6.45, 7) is 3.38. The molecule has 0 aromatic carbocycles. The van der Waals surface area contributed by atoms with Crippen molar-refractivity contribution in [1.82, 2.24) is 10.6 Å². The molecule has 0 aromatic heterocycles. The average molecular weight is 359 g/mol. The van der Waals surface area contributed by atoms with E-state index in [2.05, 4.69) is 10.6 Å². The zero-order chi connectivity index (χ0) is 19.7. The van der Waals surface area contributed by atoms with Gasteiger partial charge in [0.25, 0.3) is 0 Å². The highest BCUT2D eigenvalue weighted by Crippen LogP contribution is 2.03. The second-order valence-electron chi connectivity index (χ2n) is 5.91. The van der Waals surface area contributed by atoms with Gasteiger partial charge in [0.1, 0.15) is 12.1 Å². The summed E-state index contributed by atoms with van der Waals surface area (Å²) in [6.07, 6.45) is -1.04. The van der Waals surface area contributed by atoms with Gasteiger partial charge in [0.2, 0.25) is 23.6 Å². The van der Waals surface area contributed by atoms with Crippen LogP contribution in [0, 0.1) is 5.92 Å². The molecule has 0 heterocycles. The maximum Gasteiger partial charge on any atom is 0.326 e. The molecule has 11 heteroatoms. The number of hydrogen-bond acceptors (Lipinski definition) is 6. The van der Waals surface area contributed by atoms with Gasteiger partial charge >= 0.3 is 5.97 Å². The number of primary amides is 2. The Balaban J connectivity index is 5.08. The summed E-state index contributed by atoms with van der Waals surface area (Å²) in [7, 11) is 0. The van der Waals surface area contributed by atoms with Gasteiger partial charge in [0.05, 0.1) is 12.5 Å². The smallest absolute Gasteiger partial charge is 0.326 e. The molecule has 11 nitrogen and oxygen atoms in total. The molecule has 0 saturated heterocycles. The molecule has 0 bridgehead atoms. The molecule has 0 aliphatic carbocycles. The highest BCUT2D eigenvalue weighted by Gasteiger charge is 2.29. The number of amides is 4. The molecular formula is C14H25N5O6. The summed E-state index contributed by atoms with van der Waals surface area (Å²) >= 11 is 0. The first-order valence-corrected chi connectivity index (χ1v) is 7.61. The van der Waals surface area contributed by atoms with Crippen LogP contribution in [0.5, 0.6) is 0 Å². The first-order valence-electron chi connectivity index (χ1n) is 7.61.